The predicted octanol–water partition coefficient (Wildman–Crippen LogP) is 3.36. The summed E-state index contributed by atoms with van der Waals surface area (Å²) in [4.78, 5) is 24.7. The number of thiophene rings is 1. The van der Waals surface area contributed by atoms with Gasteiger partial charge in [0.1, 0.15) is 0 Å². The number of fused-ring (bicyclic) bond motifs is 3. The Morgan fingerprint density at radius 3 is 2.50 bits per heavy atom. The molecular formula is C18H14F3NO3S. The number of carbonyl (C=O) groups excluding carboxylic acids is 2. The summed E-state index contributed by atoms with van der Waals surface area (Å²) in [6, 6.07) is 5.67. The average molecular weight is 381 g/mol. The molecule has 0 aliphatic heterocycles. The van der Waals surface area contributed by atoms with Crippen molar-refractivity contribution in [2.75, 3.05) is 5.73 Å². The molecule has 2 aromatic rings. The van der Waals surface area contributed by atoms with Gasteiger partial charge in [-0.05, 0) is 29.5 Å². The molecule has 0 saturated heterocycles. The molecule has 0 saturated carbocycles. The van der Waals surface area contributed by atoms with Crippen molar-refractivity contribution >= 4 is 28.4 Å². The number of alkyl halides is 3. The van der Waals surface area contributed by atoms with Crippen molar-refractivity contribution in [2.45, 2.75) is 36.5 Å². The van der Waals surface area contributed by atoms with Gasteiger partial charge in [-0.3, -0.25) is 9.59 Å². The van der Waals surface area contributed by atoms with Crippen LogP contribution >= 0.6 is 11.3 Å². The highest BCUT2D eigenvalue weighted by atomic mass is 32.1. The van der Waals surface area contributed by atoms with Crippen molar-refractivity contribution in [3.8, 4) is 0 Å². The maximum atomic E-state index is 13.7. The largest absolute Gasteiger partial charge is 0.421 e. The lowest BCUT2D eigenvalue weighted by molar-refractivity contribution is -0.268. The topological polar surface area (TPSA) is 80.4 Å². The van der Waals surface area contributed by atoms with Crippen LogP contribution in [0.4, 0.5) is 18.2 Å². The van der Waals surface area contributed by atoms with Gasteiger partial charge in [0.25, 0.3) is 0 Å². The number of hydrogen-bond donors (Lipinski definition) is 2. The second kappa shape index (κ2) is 5.17. The van der Waals surface area contributed by atoms with Gasteiger partial charge < -0.3 is 10.8 Å². The van der Waals surface area contributed by atoms with Gasteiger partial charge in [0.2, 0.25) is 0 Å². The maximum Gasteiger partial charge on any atom is 0.421 e. The third-order valence-electron chi connectivity index (χ3n) is 5.55. The SMILES string of the molecule is Nc1sc2c(c1C=O)CCC1(CC(O)(C(F)(F)F)c3ccccc31)C2=O. The first-order chi connectivity index (χ1) is 12.2. The number of ketones is 1. The fourth-order valence-electron chi connectivity index (χ4n) is 4.29. The lowest BCUT2D eigenvalue weighted by atomic mass is 9.68. The number of Topliss-reactive ketones (excluding diaryl/α,β-unsaturated/α-hetero) is 1. The molecule has 8 heteroatoms. The zero-order valence-corrected chi connectivity index (χ0v) is 14.2. The van der Waals surface area contributed by atoms with Crippen molar-refractivity contribution in [3.05, 3.63) is 51.4 Å². The Morgan fingerprint density at radius 1 is 1.23 bits per heavy atom. The molecule has 1 heterocycles. The number of hydrogen-bond acceptors (Lipinski definition) is 5. The van der Waals surface area contributed by atoms with Gasteiger partial charge in [0.15, 0.2) is 17.7 Å². The second-order valence-corrected chi connectivity index (χ2v) is 7.85. The Kier molecular flexibility index (Phi) is 3.43. The van der Waals surface area contributed by atoms with E-state index in [1.54, 1.807) is 6.07 Å². The summed E-state index contributed by atoms with van der Waals surface area (Å²) < 4.78 is 41.0. The Morgan fingerprint density at radius 2 is 1.88 bits per heavy atom. The summed E-state index contributed by atoms with van der Waals surface area (Å²) in [7, 11) is 0. The van der Waals surface area contributed by atoms with E-state index in [0.717, 1.165) is 11.3 Å². The number of carbonyl (C=O) groups is 2. The van der Waals surface area contributed by atoms with Crippen molar-refractivity contribution in [2.24, 2.45) is 0 Å². The summed E-state index contributed by atoms with van der Waals surface area (Å²) in [6.45, 7) is 0. The van der Waals surface area contributed by atoms with E-state index in [9.17, 15) is 27.9 Å². The van der Waals surface area contributed by atoms with Crippen LogP contribution in [0.1, 0.15) is 49.6 Å². The molecule has 0 amide bonds. The standard InChI is InChI=1S/C18H14F3NO3S/c19-18(20,21)17(25)8-16(11-3-1-2-4-12(11)17)6-5-9-10(7-23)15(22)26-13(9)14(16)24/h1-4,7,25H,5-6,8,22H2. The molecule has 4 rings (SSSR count). The maximum absolute atomic E-state index is 13.7. The van der Waals surface area contributed by atoms with Crippen LogP contribution in [-0.4, -0.2) is 23.4 Å². The first kappa shape index (κ1) is 17.2. The molecule has 3 N–H and O–H groups in total. The molecule has 136 valence electrons. The molecule has 0 radical (unpaired) electrons. The lowest BCUT2D eigenvalue weighted by Gasteiger charge is -2.34. The summed E-state index contributed by atoms with van der Waals surface area (Å²) in [5.74, 6) is -0.504. The Bertz CT molecular complexity index is 952. The molecule has 2 atom stereocenters. The van der Waals surface area contributed by atoms with Crippen molar-refractivity contribution in [1.29, 1.82) is 0 Å². The molecule has 2 unspecified atom stereocenters. The number of anilines is 1. The minimum atomic E-state index is -4.91. The number of rotatable bonds is 1. The highest BCUT2D eigenvalue weighted by molar-refractivity contribution is 7.18. The number of nitrogens with two attached hydrogens (primary N) is 1. The summed E-state index contributed by atoms with van der Waals surface area (Å²) in [5, 5.41) is 10.7. The molecule has 0 bridgehead atoms. The predicted molar refractivity (Wildman–Crippen MR) is 89.5 cm³/mol. The lowest BCUT2D eigenvalue weighted by Crippen LogP contribution is -2.45. The molecule has 4 nitrogen and oxygen atoms in total. The first-order valence-corrected chi connectivity index (χ1v) is 8.77. The van der Waals surface area contributed by atoms with Crippen molar-refractivity contribution < 1.29 is 27.9 Å². The van der Waals surface area contributed by atoms with Crippen LogP contribution in [0.3, 0.4) is 0 Å². The second-order valence-electron chi connectivity index (χ2n) is 6.80. The monoisotopic (exact) mass is 381 g/mol. The molecule has 0 fully saturated rings. The van der Waals surface area contributed by atoms with Gasteiger partial charge in [-0.1, -0.05) is 24.3 Å². The molecule has 2 aliphatic carbocycles. The number of benzene rings is 1. The van der Waals surface area contributed by atoms with E-state index < -0.39 is 29.4 Å². The van der Waals surface area contributed by atoms with Crippen LogP contribution in [0, 0.1) is 0 Å². The van der Waals surface area contributed by atoms with Crippen LogP contribution < -0.4 is 5.73 Å². The number of halogens is 3. The minimum Gasteiger partial charge on any atom is -0.390 e. The zero-order valence-electron chi connectivity index (χ0n) is 13.4. The van der Waals surface area contributed by atoms with E-state index in [-0.39, 0.29) is 39.4 Å². The quantitative estimate of drug-likeness (QED) is 0.743. The molecule has 1 spiro atoms. The van der Waals surface area contributed by atoms with Crippen molar-refractivity contribution in [3.63, 3.8) is 0 Å². The number of nitrogen functional groups attached to an aromatic ring is 1. The Labute approximate surface area is 150 Å². The molecule has 1 aromatic carbocycles. The zero-order chi connectivity index (χ0) is 18.9. The first-order valence-electron chi connectivity index (χ1n) is 7.96. The van der Waals surface area contributed by atoms with Crippen LogP contribution in [0.15, 0.2) is 24.3 Å². The van der Waals surface area contributed by atoms with Crippen LogP contribution in [-0.2, 0) is 17.4 Å². The van der Waals surface area contributed by atoms with Crippen LogP contribution in [0.2, 0.25) is 0 Å². The molecule has 26 heavy (non-hydrogen) atoms. The number of aldehydes is 1. The van der Waals surface area contributed by atoms with E-state index in [4.69, 9.17) is 5.73 Å². The molecule has 2 aliphatic rings. The highest BCUT2D eigenvalue weighted by Gasteiger charge is 2.67. The van der Waals surface area contributed by atoms with Gasteiger partial charge in [0.05, 0.1) is 20.9 Å². The molecule has 1 aromatic heterocycles. The van der Waals surface area contributed by atoms with E-state index in [2.05, 4.69) is 0 Å². The van der Waals surface area contributed by atoms with Gasteiger partial charge in [-0.2, -0.15) is 13.2 Å². The van der Waals surface area contributed by atoms with E-state index in [1.807, 2.05) is 0 Å². The highest BCUT2D eigenvalue weighted by Crippen LogP contribution is 2.59. The van der Waals surface area contributed by atoms with Crippen LogP contribution in [0.25, 0.3) is 0 Å². The van der Waals surface area contributed by atoms with Gasteiger partial charge in [0, 0.05) is 6.42 Å². The third kappa shape index (κ3) is 1.94. The van der Waals surface area contributed by atoms with Gasteiger partial charge >= 0.3 is 6.18 Å². The fourth-order valence-corrected chi connectivity index (χ4v) is 5.42. The summed E-state index contributed by atoms with van der Waals surface area (Å²) >= 11 is 0.927. The average Bonchev–Trinajstić information content (AvgIpc) is 3.05. The van der Waals surface area contributed by atoms with Crippen molar-refractivity contribution in [1.82, 2.24) is 0 Å². The smallest absolute Gasteiger partial charge is 0.390 e. The van der Waals surface area contributed by atoms with Gasteiger partial charge in [-0.15, -0.1) is 11.3 Å². The number of aliphatic hydroxyl groups is 1. The minimum absolute atomic E-state index is 0.0885. The van der Waals surface area contributed by atoms with Gasteiger partial charge in [-0.25, -0.2) is 0 Å². The third-order valence-corrected chi connectivity index (χ3v) is 6.63. The Balaban J connectivity index is 1.93. The summed E-state index contributed by atoms with van der Waals surface area (Å²) in [6.07, 6.45) is -4.74. The van der Waals surface area contributed by atoms with E-state index in [1.165, 1.54) is 18.2 Å². The normalized spacial score (nSPS) is 27.5. The molecular weight excluding hydrogens is 367 g/mol. The fraction of sp³-hybridized carbons (Fsp3) is 0.333. The van der Waals surface area contributed by atoms with E-state index >= 15 is 0 Å². The summed E-state index contributed by atoms with van der Waals surface area (Å²) in [5.41, 5.74) is 1.93. The van der Waals surface area contributed by atoms with E-state index in [0.29, 0.717) is 11.8 Å². The Hall–Kier alpha value is -2.19. The van der Waals surface area contributed by atoms with Crippen LogP contribution in [0.5, 0.6) is 0 Å².